The van der Waals surface area contributed by atoms with Crippen LogP contribution in [0.3, 0.4) is 0 Å². The maximum atomic E-state index is 13.0. The zero-order valence-electron chi connectivity index (χ0n) is 9.23. The highest BCUT2D eigenvalue weighted by Gasteiger charge is 2.04. The van der Waals surface area contributed by atoms with Crippen molar-refractivity contribution in [1.29, 1.82) is 5.26 Å². The van der Waals surface area contributed by atoms with Crippen LogP contribution in [-0.2, 0) is 6.61 Å². The summed E-state index contributed by atoms with van der Waals surface area (Å²) in [5.41, 5.74) is 1.13. The van der Waals surface area contributed by atoms with E-state index in [9.17, 15) is 4.39 Å². The van der Waals surface area contributed by atoms with Crippen LogP contribution in [0.2, 0.25) is 0 Å². The predicted octanol–water partition coefficient (Wildman–Crippen LogP) is 3.43. The van der Waals surface area contributed by atoms with Gasteiger partial charge in [-0.25, -0.2) is 9.37 Å². The van der Waals surface area contributed by atoms with E-state index in [2.05, 4.69) is 20.9 Å². The minimum absolute atomic E-state index is 0.249. The van der Waals surface area contributed by atoms with Gasteiger partial charge < -0.3 is 4.74 Å². The van der Waals surface area contributed by atoms with Crippen molar-refractivity contribution < 1.29 is 9.13 Å². The smallest absolute Gasteiger partial charge is 0.140 e. The van der Waals surface area contributed by atoms with Crippen molar-refractivity contribution in [2.75, 3.05) is 0 Å². The second kappa shape index (κ2) is 5.61. The molecule has 0 amide bonds. The van der Waals surface area contributed by atoms with E-state index in [-0.39, 0.29) is 12.4 Å². The number of hydrogen-bond donors (Lipinski definition) is 0. The number of rotatable bonds is 3. The summed E-state index contributed by atoms with van der Waals surface area (Å²) in [4.78, 5) is 3.86. The van der Waals surface area contributed by atoms with Crippen LogP contribution in [-0.4, -0.2) is 4.98 Å². The third-order valence-corrected chi connectivity index (χ3v) is 2.88. The molecule has 0 fully saturated rings. The van der Waals surface area contributed by atoms with Crippen LogP contribution < -0.4 is 4.74 Å². The summed E-state index contributed by atoms with van der Waals surface area (Å²) in [6, 6.07) is 9.55. The van der Waals surface area contributed by atoms with Crippen molar-refractivity contribution in [3.63, 3.8) is 0 Å². The van der Waals surface area contributed by atoms with E-state index in [0.29, 0.717) is 15.9 Å². The van der Waals surface area contributed by atoms with E-state index in [4.69, 9.17) is 10.00 Å². The van der Waals surface area contributed by atoms with Crippen molar-refractivity contribution >= 4 is 15.9 Å². The molecule has 0 saturated heterocycles. The van der Waals surface area contributed by atoms with E-state index in [1.165, 1.54) is 18.3 Å². The number of aromatic nitrogens is 1. The lowest BCUT2D eigenvalue weighted by molar-refractivity contribution is 0.302. The molecule has 0 bridgehead atoms. The van der Waals surface area contributed by atoms with Gasteiger partial charge in [0, 0.05) is 12.3 Å². The Hall–Kier alpha value is -1.93. The van der Waals surface area contributed by atoms with E-state index in [0.717, 1.165) is 5.56 Å². The largest absolute Gasteiger partial charge is 0.488 e. The summed E-state index contributed by atoms with van der Waals surface area (Å²) < 4.78 is 19.2. The molecule has 2 aromatic rings. The first-order valence-corrected chi connectivity index (χ1v) is 5.91. The summed E-state index contributed by atoms with van der Waals surface area (Å²) in [6.45, 7) is 0.249. The van der Waals surface area contributed by atoms with Crippen molar-refractivity contribution in [1.82, 2.24) is 4.98 Å². The Kier molecular flexibility index (Phi) is 3.90. The van der Waals surface area contributed by atoms with E-state index in [1.807, 2.05) is 6.07 Å². The van der Waals surface area contributed by atoms with Crippen LogP contribution in [0.15, 0.2) is 41.0 Å². The van der Waals surface area contributed by atoms with Gasteiger partial charge in [-0.2, -0.15) is 5.26 Å². The number of halogens is 2. The SMILES string of the molecule is N#Cc1cc(COc2cc(F)ccc2Br)ccn1. The lowest BCUT2D eigenvalue weighted by atomic mass is 10.2. The Labute approximate surface area is 112 Å². The van der Waals surface area contributed by atoms with Crippen molar-refractivity contribution in [3.05, 3.63) is 58.1 Å². The second-order valence-corrected chi connectivity index (χ2v) is 4.38. The Morgan fingerprint density at radius 2 is 2.17 bits per heavy atom. The van der Waals surface area contributed by atoms with Crippen molar-refractivity contribution in [3.8, 4) is 11.8 Å². The number of ether oxygens (including phenoxy) is 1. The molecule has 0 radical (unpaired) electrons. The summed E-state index contributed by atoms with van der Waals surface area (Å²) >= 11 is 3.28. The van der Waals surface area contributed by atoms with Crippen LogP contribution in [0.4, 0.5) is 4.39 Å². The average molecular weight is 307 g/mol. The van der Waals surface area contributed by atoms with Gasteiger partial charge in [0.25, 0.3) is 0 Å². The molecule has 5 heteroatoms. The maximum absolute atomic E-state index is 13.0. The number of hydrogen-bond acceptors (Lipinski definition) is 3. The number of nitrogens with zero attached hydrogens (tertiary/aromatic N) is 2. The van der Waals surface area contributed by atoms with Gasteiger partial charge in [-0.3, -0.25) is 0 Å². The van der Waals surface area contributed by atoms with Gasteiger partial charge in [0.05, 0.1) is 4.47 Å². The summed E-state index contributed by atoms with van der Waals surface area (Å²) in [5, 5.41) is 8.72. The monoisotopic (exact) mass is 306 g/mol. The Morgan fingerprint density at radius 1 is 1.33 bits per heavy atom. The van der Waals surface area contributed by atoms with Crippen molar-refractivity contribution in [2.24, 2.45) is 0 Å². The molecule has 90 valence electrons. The lowest BCUT2D eigenvalue weighted by Gasteiger charge is -2.08. The minimum Gasteiger partial charge on any atom is -0.488 e. The Balaban J connectivity index is 2.11. The molecule has 1 aromatic carbocycles. The third-order valence-electron chi connectivity index (χ3n) is 2.23. The van der Waals surface area contributed by atoms with Gasteiger partial charge in [-0.15, -0.1) is 0 Å². The fourth-order valence-electron chi connectivity index (χ4n) is 1.37. The quantitative estimate of drug-likeness (QED) is 0.872. The number of nitriles is 1. The molecule has 3 nitrogen and oxygen atoms in total. The van der Waals surface area contributed by atoms with Crippen LogP contribution in [0.1, 0.15) is 11.3 Å². The van der Waals surface area contributed by atoms with E-state index < -0.39 is 0 Å². The van der Waals surface area contributed by atoms with Gasteiger partial charge in [0.2, 0.25) is 0 Å². The van der Waals surface area contributed by atoms with Gasteiger partial charge >= 0.3 is 0 Å². The molecule has 0 atom stereocenters. The van der Waals surface area contributed by atoms with E-state index >= 15 is 0 Å². The molecule has 0 saturated carbocycles. The summed E-state index contributed by atoms with van der Waals surface area (Å²) in [6.07, 6.45) is 1.54. The van der Waals surface area contributed by atoms with Gasteiger partial charge in [0.15, 0.2) is 0 Å². The molecule has 0 unspecified atom stereocenters. The summed E-state index contributed by atoms with van der Waals surface area (Å²) in [7, 11) is 0. The van der Waals surface area contributed by atoms with E-state index in [1.54, 1.807) is 18.2 Å². The standard InChI is InChI=1S/C13H8BrFN2O/c14-12-2-1-10(15)6-13(12)18-8-9-3-4-17-11(5-9)7-16/h1-6H,8H2. The number of pyridine rings is 1. The number of benzene rings is 1. The lowest BCUT2D eigenvalue weighted by Crippen LogP contribution is -1.97. The van der Waals surface area contributed by atoms with Gasteiger partial charge in [0.1, 0.15) is 29.9 Å². The molecular formula is C13H8BrFN2O. The Bertz CT molecular complexity index is 610. The molecule has 0 aliphatic rings. The molecule has 0 aliphatic carbocycles. The molecule has 0 aliphatic heterocycles. The van der Waals surface area contributed by atoms with Crippen LogP contribution in [0.5, 0.6) is 5.75 Å². The van der Waals surface area contributed by atoms with Gasteiger partial charge in [-0.1, -0.05) is 0 Å². The van der Waals surface area contributed by atoms with Crippen LogP contribution in [0, 0.1) is 17.1 Å². The topological polar surface area (TPSA) is 45.9 Å². The fraction of sp³-hybridized carbons (Fsp3) is 0.0769. The highest BCUT2D eigenvalue weighted by atomic mass is 79.9. The zero-order chi connectivity index (χ0) is 13.0. The van der Waals surface area contributed by atoms with Crippen molar-refractivity contribution in [2.45, 2.75) is 6.61 Å². The minimum atomic E-state index is -0.361. The van der Waals surface area contributed by atoms with Crippen LogP contribution >= 0.6 is 15.9 Å². The first-order valence-electron chi connectivity index (χ1n) is 5.12. The molecular weight excluding hydrogens is 299 g/mol. The first-order chi connectivity index (χ1) is 8.69. The van der Waals surface area contributed by atoms with Crippen LogP contribution in [0.25, 0.3) is 0 Å². The molecule has 2 rings (SSSR count). The third kappa shape index (κ3) is 3.05. The highest BCUT2D eigenvalue weighted by molar-refractivity contribution is 9.10. The first kappa shape index (κ1) is 12.5. The molecule has 0 N–H and O–H groups in total. The fourth-order valence-corrected chi connectivity index (χ4v) is 1.74. The molecule has 0 spiro atoms. The predicted molar refractivity (Wildman–Crippen MR) is 67.4 cm³/mol. The summed E-state index contributed by atoms with van der Waals surface area (Å²) in [5.74, 6) is 0.0611. The molecule has 1 aromatic heterocycles. The molecule has 18 heavy (non-hydrogen) atoms. The average Bonchev–Trinajstić information content (AvgIpc) is 2.40. The second-order valence-electron chi connectivity index (χ2n) is 3.52. The van der Waals surface area contributed by atoms with Gasteiger partial charge in [-0.05, 0) is 45.8 Å². The Morgan fingerprint density at radius 3 is 2.94 bits per heavy atom. The maximum Gasteiger partial charge on any atom is 0.140 e. The highest BCUT2D eigenvalue weighted by Crippen LogP contribution is 2.26. The molecule has 1 heterocycles. The zero-order valence-corrected chi connectivity index (χ0v) is 10.8. The normalized spacial score (nSPS) is 9.83.